The zero-order valence-corrected chi connectivity index (χ0v) is 28.7. The van der Waals surface area contributed by atoms with Gasteiger partial charge in [-0.3, -0.25) is 0 Å². The second-order valence-electron chi connectivity index (χ2n) is 12.9. The zero-order chi connectivity index (χ0) is 36.8. The van der Waals surface area contributed by atoms with E-state index < -0.39 is 11.8 Å². The monoisotopic (exact) mass is 702 g/mol. The molecule has 54 heavy (non-hydrogen) atoms. The average Bonchev–Trinajstić information content (AvgIpc) is 3.80. The van der Waals surface area contributed by atoms with Crippen molar-refractivity contribution in [3.05, 3.63) is 191 Å². The van der Waals surface area contributed by atoms with Gasteiger partial charge in [0.15, 0.2) is 0 Å². The molecule has 0 saturated carbocycles. The molecule has 0 aliphatic carbocycles. The molecule has 5 aromatic carbocycles. The normalized spacial score (nSPS) is 16.0. The Hall–Kier alpha value is -7.82. The number of nitrogens with zero attached hydrogens (tertiary/aromatic N) is 6. The van der Waals surface area contributed by atoms with Gasteiger partial charge in [-0.25, -0.2) is 0 Å². The predicted molar refractivity (Wildman–Crippen MR) is 203 cm³/mol. The smallest absolute Gasteiger partial charge is 0.229 e. The fourth-order valence-electron chi connectivity index (χ4n) is 7.33. The van der Waals surface area contributed by atoms with E-state index in [9.17, 15) is 10.5 Å². The number of allylic oxidation sites excluding steroid dienone is 2. The molecule has 2 aliphatic rings. The summed E-state index contributed by atoms with van der Waals surface area (Å²) in [4.78, 5) is 0. The Balaban J connectivity index is 1.22. The van der Waals surface area contributed by atoms with E-state index in [1.165, 1.54) is 0 Å². The lowest BCUT2D eigenvalue weighted by molar-refractivity contribution is 0.366. The van der Waals surface area contributed by atoms with Crippen molar-refractivity contribution in [3.63, 3.8) is 0 Å². The maximum absolute atomic E-state index is 10.5. The van der Waals surface area contributed by atoms with E-state index in [0.29, 0.717) is 34.3 Å². The molecule has 2 atom stereocenters. The summed E-state index contributed by atoms with van der Waals surface area (Å²) >= 11 is 0. The first-order valence-corrected chi connectivity index (χ1v) is 17.3. The van der Waals surface area contributed by atoms with E-state index in [1.807, 2.05) is 146 Å². The van der Waals surface area contributed by atoms with Crippen molar-refractivity contribution in [2.24, 2.45) is 11.5 Å². The molecular weight excluding hydrogens is 673 g/mol. The van der Waals surface area contributed by atoms with Gasteiger partial charge in [0.1, 0.15) is 34.7 Å². The first-order valence-electron chi connectivity index (χ1n) is 17.3. The Kier molecular flexibility index (Phi) is 7.76. The van der Waals surface area contributed by atoms with Gasteiger partial charge in [-0.15, -0.1) is 0 Å². The minimum atomic E-state index is -0.609. The Labute approximate surface area is 310 Å². The van der Waals surface area contributed by atoms with Crippen molar-refractivity contribution in [3.8, 4) is 57.8 Å². The van der Waals surface area contributed by atoms with Crippen molar-refractivity contribution in [1.82, 2.24) is 19.6 Å². The Morgan fingerprint density at radius 1 is 0.481 bits per heavy atom. The Bertz CT molecular complexity index is 2500. The number of hydrogen-bond acceptors (Lipinski definition) is 8. The molecule has 0 bridgehead atoms. The molecule has 2 unspecified atom stereocenters. The number of fused-ring (bicyclic) bond motifs is 2. The predicted octanol–water partition coefficient (Wildman–Crippen LogP) is 7.83. The number of para-hydroxylation sites is 2. The first kappa shape index (κ1) is 32.1. The lowest BCUT2D eigenvalue weighted by Crippen LogP contribution is -2.23. The highest BCUT2D eigenvalue weighted by molar-refractivity contribution is 5.74. The third-order valence-electron chi connectivity index (χ3n) is 9.79. The number of nitriles is 2. The standard InChI is InChI=1S/C44H30N8O2/c45-25-33-35(37-39(29-13-5-1-6-14-29)49-51(43(37)53-41(33)47)31-17-9-3-10-18-31)27-21-23-28(24-22-27)36-34(26-46)42(48)54-44-38(36)40(30-15-7-2-8-16-30)50-52(44)32-19-11-4-12-20-32/h1-24,35-36H,47-48H2. The SMILES string of the molecule is N#CC1=C(N)Oc2c(c(-c3ccccc3)nn2-c2ccccc2)C1c1ccc(C2C(C#N)=C(N)Oc3c2c(-c2ccccc2)nn3-c2ccccc2)cc1. The molecule has 10 heteroatoms. The third kappa shape index (κ3) is 5.17. The van der Waals surface area contributed by atoms with Crippen molar-refractivity contribution in [2.75, 3.05) is 0 Å². The summed E-state index contributed by atoms with van der Waals surface area (Å²) in [6, 6.07) is 51.4. The summed E-state index contributed by atoms with van der Waals surface area (Å²) in [5, 5.41) is 31.1. The van der Waals surface area contributed by atoms with Crippen LogP contribution >= 0.6 is 0 Å². The van der Waals surface area contributed by atoms with Gasteiger partial charge in [-0.1, -0.05) is 121 Å². The largest absolute Gasteiger partial charge is 0.422 e. The van der Waals surface area contributed by atoms with Crippen LogP contribution in [0.15, 0.2) is 169 Å². The van der Waals surface area contributed by atoms with Crippen LogP contribution in [0.5, 0.6) is 11.8 Å². The molecule has 9 rings (SSSR count). The minimum Gasteiger partial charge on any atom is -0.422 e. The van der Waals surface area contributed by atoms with Gasteiger partial charge < -0.3 is 20.9 Å². The maximum atomic E-state index is 10.5. The number of nitrogens with two attached hydrogens (primary N) is 2. The Morgan fingerprint density at radius 2 is 0.815 bits per heavy atom. The molecule has 0 saturated heterocycles. The van der Waals surface area contributed by atoms with Crippen molar-refractivity contribution >= 4 is 0 Å². The van der Waals surface area contributed by atoms with Gasteiger partial charge in [0.25, 0.3) is 0 Å². The summed E-state index contributed by atoms with van der Waals surface area (Å²) in [7, 11) is 0. The van der Waals surface area contributed by atoms with Gasteiger partial charge >= 0.3 is 0 Å². The second kappa shape index (κ2) is 13.1. The molecular formula is C44H30N8O2. The number of ether oxygens (including phenoxy) is 2. The summed E-state index contributed by atoms with van der Waals surface area (Å²) < 4.78 is 15.9. The molecule has 10 nitrogen and oxygen atoms in total. The van der Waals surface area contributed by atoms with Crippen molar-refractivity contribution in [2.45, 2.75) is 11.8 Å². The summed E-state index contributed by atoms with van der Waals surface area (Å²) in [5.41, 5.74) is 21.2. The van der Waals surface area contributed by atoms with Gasteiger partial charge in [-0.05, 0) is 35.4 Å². The molecule has 0 radical (unpaired) electrons. The number of rotatable bonds is 6. The van der Waals surface area contributed by atoms with Crippen LogP contribution < -0.4 is 20.9 Å². The summed E-state index contributed by atoms with van der Waals surface area (Å²) in [5.74, 6) is -0.336. The van der Waals surface area contributed by atoms with Crippen LogP contribution in [0.3, 0.4) is 0 Å². The van der Waals surface area contributed by atoms with Crippen LogP contribution in [0.2, 0.25) is 0 Å². The molecule has 2 aliphatic heterocycles. The maximum Gasteiger partial charge on any atom is 0.229 e. The van der Waals surface area contributed by atoms with E-state index in [1.54, 1.807) is 9.36 Å². The average molecular weight is 703 g/mol. The molecule has 7 aromatic rings. The van der Waals surface area contributed by atoms with Crippen LogP contribution in [0.4, 0.5) is 0 Å². The summed E-state index contributed by atoms with van der Waals surface area (Å²) in [6.45, 7) is 0. The lowest BCUT2D eigenvalue weighted by atomic mass is 9.80. The van der Waals surface area contributed by atoms with Crippen molar-refractivity contribution in [1.29, 1.82) is 10.5 Å². The van der Waals surface area contributed by atoms with Crippen LogP contribution in [-0.4, -0.2) is 19.6 Å². The van der Waals surface area contributed by atoms with Gasteiger partial charge in [0.05, 0.1) is 34.3 Å². The number of benzene rings is 5. The summed E-state index contributed by atoms with van der Waals surface area (Å²) in [6.07, 6.45) is 0. The molecule has 258 valence electrons. The highest BCUT2D eigenvalue weighted by Crippen LogP contribution is 2.50. The van der Waals surface area contributed by atoms with E-state index in [4.69, 9.17) is 31.1 Å². The van der Waals surface area contributed by atoms with E-state index in [-0.39, 0.29) is 22.9 Å². The minimum absolute atomic E-state index is 0.00754. The highest BCUT2D eigenvalue weighted by atomic mass is 16.5. The fourth-order valence-corrected chi connectivity index (χ4v) is 7.33. The highest BCUT2D eigenvalue weighted by Gasteiger charge is 2.40. The molecule has 0 amide bonds. The van der Waals surface area contributed by atoms with E-state index in [0.717, 1.165) is 33.6 Å². The molecule has 0 spiro atoms. The van der Waals surface area contributed by atoms with Crippen LogP contribution in [-0.2, 0) is 0 Å². The second-order valence-corrected chi connectivity index (χ2v) is 12.9. The van der Waals surface area contributed by atoms with Crippen LogP contribution in [0.1, 0.15) is 34.1 Å². The van der Waals surface area contributed by atoms with Gasteiger partial charge in [-0.2, -0.15) is 30.1 Å². The third-order valence-corrected chi connectivity index (χ3v) is 9.79. The lowest BCUT2D eigenvalue weighted by Gasteiger charge is -2.27. The topological polar surface area (TPSA) is 154 Å². The Morgan fingerprint density at radius 3 is 1.15 bits per heavy atom. The first-order chi connectivity index (χ1) is 26.6. The van der Waals surface area contributed by atoms with Gasteiger partial charge in [0.2, 0.25) is 23.5 Å². The quantitative estimate of drug-likeness (QED) is 0.178. The number of hydrogen-bond donors (Lipinski definition) is 2. The fraction of sp³-hybridized carbons (Fsp3) is 0.0455. The zero-order valence-electron chi connectivity index (χ0n) is 28.7. The number of aromatic nitrogens is 4. The van der Waals surface area contributed by atoms with Gasteiger partial charge in [0, 0.05) is 11.1 Å². The van der Waals surface area contributed by atoms with Crippen LogP contribution in [0, 0.1) is 22.7 Å². The van der Waals surface area contributed by atoms with Crippen molar-refractivity contribution < 1.29 is 9.47 Å². The molecule has 4 heterocycles. The van der Waals surface area contributed by atoms with Crippen LogP contribution in [0.25, 0.3) is 33.9 Å². The molecule has 2 aromatic heterocycles. The molecule has 0 fully saturated rings. The van der Waals surface area contributed by atoms with E-state index in [2.05, 4.69) is 12.1 Å². The van der Waals surface area contributed by atoms with E-state index >= 15 is 0 Å². The molecule has 4 N–H and O–H groups in total.